The van der Waals surface area contributed by atoms with Crippen LogP contribution in [0.4, 0.5) is 0 Å². The highest BCUT2D eigenvalue weighted by molar-refractivity contribution is 5.92. The molecule has 0 bridgehead atoms. The number of amides is 2. The number of carbonyl (C=O) groups excluding carboxylic acids is 3. The number of unbranched alkanes of at least 4 members (excludes halogenated alkanes) is 1. The van der Waals surface area contributed by atoms with Crippen LogP contribution in [0.5, 0.6) is 0 Å². The summed E-state index contributed by atoms with van der Waals surface area (Å²) in [5.74, 6) is -0.879. The molecule has 0 aromatic carbocycles. The highest BCUT2D eigenvalue weighted by Crippen LogP contribution is 2.49. The number of rotatable bonds is 9. The van der Waals surface area contributed by atoms with Crippen molar-refractivity contribution in [3.05, 3.63) is 23.4 Å². The molecule has 1 aliphatic heterocycles. The number of carbonyl (C=O) groups is 3. The second-order valence-electron chi connectivity index (χ2n) is 9.57. The van der Waals surface area contributed by atoms with Gasteiger partial charge in [-0.1, -0.05) is 37.5 Å². The van der Waals surface area contributed by atoms with Crippen molar-refractivity contribution in [2.75, 3.05) is 20.2 Å². The Kier molecular flexibility index (Phi) is 8.94. The lowest BCUT2D eigenvalue weighted by molar-refractivity contribution is -0.159. The Morgan fingerprint density at radius 1 is 1.19 bits per heavy atom. The van der Waals surface area contributed by atoms with Crippen LogP contribution in [-0.4, -0.2) is 42.9 Å². The molecular weight excluding hydrogens is 404 g/mol. The van der Waals surface area contributed by atoms with Crippen molar-refractivity contribution < 1.29 is 19.1 Å². The largest absolute Gasteiger partial charge is 0.468 e. The highest BCUT2D eigenvalue weighted by Gasteiger charge is 2.53. The van der Waals surface area contributed by atoms with E-state index in [1.165, 1.54) is 25.5 Å². The van der Waals surface area contributed by atoms with Crippen LogP contribution >= 0.6 is 0 Å². The Morgan fingerprint density at radius 3 is 2.69 bits per heavy atom. The number of esters is 1. The molecule has 0 saturated carbocycles. The average molecular weight is 445 g/mol. The van der Waals surface area contributed by atoms with Gasteiger partial charge >= 0.3 is 5.97 Å². The Bertz CT molecular complexity index is 757. The minimum absolute atomic E-state index is 0.0141. The molecule has 0 spiro atoms. The van der Waals surface area contributed by atoms with E-state index in [-0.39, 0.29) is 24.2 Å². The number of allylic oxidation sites excluding steroid dienone is 2. The van der Waals surface area contributed by atoms with Crippen LogP contribution < -0.4 is 5.32 Å². The summed E-state index contributed by atoms with van der Waals surface area (Å²) in [5.41, 5.74) is 1.40. The summed E-state index contributed by atoms with van der Waals surface area (Å²) in [6, 6.07) is 0. The Hall–Kier alpha value is -2.11. The fourth-order valence-corrected chi connectivity index (χ4v) is 5.52. The molecular formula is C26H40N2O4. The number of hydrogen-bond acceptors (Lipinski definition) is 4. The monoisotopic (exact) mass is 444 g/mol. The van der Waals surface area contributed by atoms with Crippen LogP contribution in [0.3, 0.4) is 0 Å². The van der Waals surface area contributed by atoms with E-state index in [4.69, 9.17) is 4.74 Å². The van der Waals surface area contributed by atoms with Crippen LogP contribution in [0.1, 0.15) is 90.4 Å². The van der Waals surface area contributed by atoms with Crippen molar-refractivity contribution in [1.29, 1.82) is 0 Å². The minimum atomic E-state index is -0.825. The van der Waals surface area contributed by atoms with E-state index in [1.54, 1.807) is 0 Å². The first-order valence-corrected chi connectivity index (χ1v) is 12.6. The maximum Gasteiger partial charge on any atom is 0.317 e. The molecule has 3 aliphatic rings. The van der Waals surface area contributed by atoms with E-state index >= 15 is 0 Å². The second kappa shape index (κ2) is 11.7. The molecule has 2 aliphatic carbocycles. The number of likely N-dealkylation sites (tertiary alicyclic amines) is 1. The molecule has 0 aromatic rings. The Balaban J connectivity index is 1.86. The van der Waals surface area contributed by atoms with Crippen molar-refractivity contribution in [3.8, 4) is 0 Å². The first-order chi connectivity index (χ1) is 15.5. The summed E-state index contributed by atoms with van der Waals surface area (Å²) >= 11 is 0. The van der Waals surface area contributed by atoms with Crippen molar-refractivity contribution in [1.82, 2.24) is 10.2 Å². The third-order valence-electron chi connectivity index (χ3n) is 7.29. The molecule has 32 heavy (non-hydrogen) atoms. The molecule has 0 radical (unpaired) electrons. The average Bonchev–Trinajstić information content (AvgIpc) is 3.02. The summed E-state index contributed by atoms with van der Waals surface area (Å²) < 4.78 is 5.29. The second-order valence-corrected chi connectivity index (χ2v) is 9.57. The molecule has 2 atom stereocenters. The number of fused-ring (bicyclic) bond motifs is 1. The third-order valence-corrected chi connectivity index (χ3v) is 7.29. The lowest BCUT2D eigenvalue weighted by atomic mass is 9.69. The van der Waals surface area contributed by atoms with Gasteiger partial charge in [0.1, 0.15) is 5.41 Å². The van der Waals surface area contributed by atoms with Gasteiger partial charge in [0.25, 0.3) is 0 Å². The first kappa shape index (κ1) is 24.5. The molecule has 6 heteroatoms. The number of piperidine rings is 1. The van der Waals surface area contributed by atoms with E-state index in [0.29, 0.717) is 25.9 Å². The quantitative estimate of drug-likeness (QED) is 0.319. The topological polar surface area (TPSA) is 75.7 Å². The third kappa shape index (κ3) is 5.62. The van der Waals surface area contributed by atoms with Gasteiger partial charge in [0.2, 0.25) is 11.8 Å². The van der Waals surface area contributed by atoms with Crippen LogP contribution in [-0.2, 0) is 19.1 Å². The molecule has 0 aromatic heterocycles. The van der Waals surface area contributed by atoms with E-state index < -0.39 is 11.3 Å². The highest BCUT2D eigenvalue weighted by atomic mass is 16.5. The van der Waals surface area contributed by atoms with Gasteiger partial charge in [0.05, 0.1) is 7.11 Å². The summed E-state index contributed by atoms with van der Waals surface area (Å²) in [6.07, 6.45) is 15.7. The standard InChI is InChI=1S/C26H40N2O4/c1-3-4-16-27-23(29)18-21-19-26(25(31)32-2)15-10-6-9-13-22(26)28(24(21)30)17-14-20-11-7-5-8-12-20/h11,13,21H,3-10,12,14-19H2,1-2H3,(H,27,29)/t21-,26+/m1/s1. The maximum atomic E-state index is 13.6. The van der Waals surface area contributed by atoms with Gasteiger partial charge < -0.3 is 15.0 Å². The molecule has 1 saturated heterocycles. The molecule has 1 N–H and O–H groups in total. The van der Waals surface area contributed by atoms with Gasteiger partial charge in [0.15, 0.2) is 0 Å². The van der Waals surface area contributed by atoms with Gasteiger partial charge in [-0.05, 0) is 64.2 Å². The number of hydrogen-bond donors (Lipinski definition) is 1. The zero-order valence-corrected chi connectivity index (χ0v) is 19.9. The van der Waals surface area contributed by atoms with Crippen molar-refractivity contribution in [2.45, 2.75) is 90.4 Å². The fraction of sp³-hybridized carbons (Fsp3) is 0.731. The lowest BCUT2D eigenvalue weighted by Gasteiger charge is -2.46. The normalized spacial score (nSPS) is 25.9. The molecule has 1 heterocycles. The molecule has 0 unspecified atom stereocenters. The smallest absolute Gasteiger partial charge is 0.317 e. The Morgan fingerprint density at radius 2 is 1.97 bits per heavy atom. The zero-order chi connectivity index (χ0) is 23.0. The number of ether oxygens (including phenoxy) is 1. The molecule has 6 nitrogen and oxygen atoms in total. The molecule has 178 valence electrons. The predicted molar refractivity (Wildman–Crippen MR) is 125 cm³/mol. The van der Waals surface area contributed by atoms with E-state index in [2.05, 4.69) is 24.4 Å². The van der Waals surface area contributed by atoms with Crippen molar-refractivity contribution in [2.24, 2.45) is 11.3 Å². The van der Waals surface area contributed by atoms with E-state index in [9.17, 15) is 14.4 Å². The van der Waals surface area contributed by atoms with Crippen molar-refractivity contribution in [3.63, 3.8) is 0 Å². The van der Waals surface area contributed by atoms with Gasteiger partial charge in [-0.3, -0.25) is 14.4 Å². The van der Waals surface area contributed by atoms with Crippen LogP contribution in [0.25, 0.3) is 0 Å². The maximum absolute atomic E-state index is 13.6. The zero-order valence-electron chi connectivity index (χ0n) is 19.9. The summed E-state index contributed by atoms with van der Waals surface area (Å²) in [5, 5.41) is 2.94. The van der Waals surface area contributed by atoms with E-state index in [0.717, 1.165) is 57.1 Å². The van der Waals surface area contributed by atoms with Crippen molar-refractivity contribution >= 4 is 17.8 Å². The Labute approximate surface area is 192 Å². The summed E-state index contributed by atoms with van der Waals surface area (Å²) in [4.78, 5) is 41.2. The number of nitrogens with one attached hydrogen (secondary N) is 1. The van der Waals surface area contributed by atoms with Crippen LogP contribution in [0.2, 0.25) is 0 Å². The number of methoxy groups -OCH3 is 1. The van der Waals surface area contributed by atoms with E-state index in [1.807, 2.05) is 4.90 Å². The molecule has 2 amide bonds. The van der Waals surface area contributed by atoms with Crippen LogP contribution in [0, 0.1) is 11.3 Å². The molecule has 3 rings (SSSR count). The SMILES string of the molecule is CCCCNC(=O)C[C@@H]1C[C@@]2(C(=O)OC)CCCCC=C2N(CCC2=CCCCC2)C1=O. The van der Waals surface area contributed by atoms with Gasteiger partial charge in [-0.2, -0.15) is 0 Å². The van der Waals surface area contributed by atoms with Gasteiger partial charge in [-0.15, -0.1) is 0 Å². The predicted octanol–water partition coefficient (Wildman–Crippen LogP) is 4.65. The van der Waals surface area contributed by atoms with Gasteiger partial charge in [-0.25, -0.2) is 0 Å². The fourth-order valence-electron chi connectivity index (χ4n) is 5.52. The van der Waals surface area contributed by atoms with Crippen LogP contribution in [0.15, 0.2) is 23.4 Å². The lowest BCUT2D eigenvalue weighted by Crippen LogP contribution is -2.53. The number of nitrogens with zero attached hydrogens (tertiary/aromatic N) is 1. The first-order valence-electron chi connectivity index (χ1n) is 12.6. The minimum Gasteiger partial charge on any atom is -0.468 e. The molecule has 1 fully saturated rings. The summed E-state index contributed by atoms with van der Waals surface area (Å²) in [6.45, 7) is 3.28. The van der Waals surface area contributed by atoms with Gasteiger partial charge in [0, 0.05) is 31.1 Å². The summed E-state index contributed by atoms with van der Waals surface area (Å²) in [7, 11) is 1.43.